The van der Waals surface area contributed by atoms with Gasteiger partial charge in [0.15, 0.2) is 0 Å². The van der Waals surface area contributed by atoms with Gasteiger partial charge in [-0.15, -0.1) is 0 Å². The number of carbonyl (C=O) groups excluding carboxylic acids is 2. The Labute approximate surface area is 152 Å². The maximum absolute atomic E-state index is 13.9. The van der Waals surface area contributed by atoms with E-state index in [1.54, 1.807) is 12.0 Å². The molecule has 0 bridgehead atoms. The largest absolute Gasteiger partial charge is 0.497 e. The molecule has 0 unspecified atom stereocenters. The number of halogens is 1. The van der Waals surface area contributed by atoms with Crippen LogP contribution in [-0.2, 0) is 16.1 Å². The molecule has 2 saturated heterocycles. The lowest BCUT2D eigenvalue weighted by Gasteiger charge is -2.32. The van der Waals surface area contributed by atoms with E-state index < -0.39 is 18.2 Å². The van der Waals surface area contributed by atoms with Gasteiger partial charge >= 0.3 is 6.03 Å². The molecule has 142 valence electrons. The van der Waals surface area contributed by atoms with Gasteiger partial charge in [-0.05, 0) is 17.7 Å². The number of urea groups is 1. The molecule has 2 aliphatic heterocycles. The molecule has 2 fully saturated rings. The zero-order valence-corrected chi connectivity index (χ0v) is 14.8. The van der Waals surface area contributed by atoms with Crippen molar-refractivity contribution in [2.45, 2.75) is 25.2 Å². The maximum atomic E-state index is 13.9. The number of methoxy groups -OCH3 is 1. The van der Waals surface area contributed by atoms with Crippen molar-refractivity contribution in [2.24, 2.45) is 0 Å². The van der Waals surface area contributed by atoms with E-state index >= 15 is 0 Å². The minimum atomic E-state index is -1.19. The number of nitrogens with zero attached hydrogens (tertiary/aromatic N) is 2. The molecular weight excluding hydrogens is 341 g/mol. The molecule has 26 heavy (non-hydrogen) atoms. The number of carbonyl (C=O) groups is 2. The molecular formula is C18H24FN3O4. The van der Waals surface area contributed by atoms with Crippen LogP contribution < -0.4 is 10.1 Å². The molecule has 7 nitrogen and oxygen atoms in total. The van der Waals surface area contributed by atoms with Gasteiger partial charge in [0.1, 0.15) is 18.0 Å². The van der Waals surface area contributed by atoms with Crippen molar-refractivity contribution in [1.29, 1.82) is 0 Å². The SMILES string of the molecule is COc1cccc(CNC(=O)N2C[C@@H](F)C[C@H]2C(=O)N2CCOCC2)c1. The summed E-state index contributed by atoms with van der Waals surface area (Å²) in [6.45, 7) is 2.11. The van der Waals surface area contributed by atoms with Gasteiger partial charge in [0.2, 0.25) is 5.91 Å². The summed E-state index contributed by atoms with van der Waals surface area (Å²) in [4.78, 5) is 28.2. The molecule has 3 rings (SSSR count). The van der Waals surface area contributed by atoms with E-state index in [-0.39, 0.29) is 25.4 Å². The molecule has 0 spiro atoms. The van der Waals surface area contributed by atoms with Crippen LogP contribution in [0.2, 0.25) is 0 Å². The summed E-state index contributed by atoms with van der Waals surface area (Å²) < 4.78 is 24.3. The number of nitrogens with one attached hydrogen (secondary N) is 1. The Kier molecular flexibility index (Phi) is 5.92. The summed E-state index contributed by atoms with van der Waals surface area (Å²) in [5.74, 6) is 0.493. The van der Waals surface area contributed by atoms with E-state index in [1.165, 1.54) is 4.90 Å². The third-order valence-corrected chi connectivity index (χ3v) is 4.70. The van der Waals surface area contributed by atoms with Crippen LogP contribution in [0.1, 0.15) is 12.0 Å². The van der Waals surface area contributed by atoms with Gasteiger partial charge in [-0.1, -0.05) is 12.1 Å². The molecule has 3 amide bonds. The molecule has 2 aliphatic rings. The lowest BCUT2D eigenvalue weighted by molar-refractivity contribution is -0.139. The van der Waals surface area contributed by atoms with Crippen molar-refractivity contribution in [1.82, 2.24) is 15.1 Å². The van der Waals surface area contributed by atoms with Crippen LogP contribution in [-0.4, -0.2) is 73.9 Å². The highest BCUT2D eigenvalue weighted by molar-refractivity contribution is 5.88. The lowest BCUT2D eigenvalue weighted by atomic mass is 10.1. The number of hydrogen-bond donors (Lipinski definition) is 1. The first-order valence-electron chi connectivity index (χ1n) is 8.76. The standard InChI is InChI=1S/C18H24FN3O4/c1-25-15-4-2-3-13(9-15)11-20-18(24)22-12-14(19)10-16(22)17(23)21-5-7-26-8-6-21/h2-4,9,14,16H,5-8,10-12H2,1H3,(H,20,24)/t14-,16-/m0/s1. The van der Waals surface area contributed by atoms with E-state index in [0.29, 0.717) is 32.1 Å². The van der Waals surface area contributed by atoms with Crippen LogP contribution in [0.5, 0.6) is 5.75 Å². The highest BCUT2D eigenvalue weighted by Crippen LogP contribution is 2.23. The molecule has 0 aliphatic carbocycles. The van der Waals surface area contributed by atoms with Crippen LogP contribution in [0.25, 0.3) is 0 Å². The maximum Gasteiger partial charge on any atom is 0.318 e. The van der Waals surface area contributed by atoms with Crippen LogP contribution in [0, 0.1) is 0 Å². The number of hydrogen-bond acceptors (Lipinski definition) is 4. The molecule has 8 heteroatoms. The highest BCUT2D eigenvalue weighted by Gasteiger charge is 2.41. The number of likely N-dealkylation sites (tertiary alicyclic amines) is 1. The van der Waals surface area contributed by atoms with Gasteiger partial charge in [0.05, 0.1) is 26.9 Å². The number of benzene rings is 1. The summed E-state index contributed by atoms with van der Waals surface area (Å²) in [7, 11) is 1.57. The van der Waals surface area contributed by atoms with Crippen molar-refractivity contribution in [3.63, 3.8) is 0 Å². The van der Waals surface area contributed by atoms with Crippen molar-refractivity contribution in [2.75, 3.05) is 40.0 Å². The number of amides is 3. The third kappa shape index (κ3) is 4.24. The molecule has 0 radical (unpaired) electrons. The Balaban J connectivity index is 1.61. The molecule has 1 aromatic rings. The number of rotatable bonds is 4. The quantitative estimate of drug-likeness (QED) is 0.870. The molecule has 0 saturated carbocycles. The van der Waals surface area contributed by atoms with Gasteiger partial charge < -0.3 is 24.6 Å². The van der Waals surface area contributed by atoms with E-state index in [4.69, 9.17) is 9.47 Å². The minimum absolute atomic E-state index is 0.0444. The Hall–Kier alpha value is -2.35. The second-order valence-electron chi connectivity index (χ2n) is 6.45. The fourth-order valence-electron chi connectivity index (χ4n) is 3.30. The zero-order chi connectivity index (χ0) is 18.5. The summed E-state index contributed by atoms with van der Waals surface area (Å²) in [5.41, 5.74) is 0.866. The second kappa shape index (κ2) is 8.35. The predicted molar refractivity (Wildman–Crippen MR) is 92.6 cm³/mol. The summed E-state index contributed by atoms with van der Waals surface area (Å²) in [5, 5.41) is 2.77. The average molecular weight is 365 g/mol. The first-order valence-corrected chi connectivity index (χ1v) is 8.76. The topological polar surface area (TPSA) is 71.1 Å². The summed E-state index contributed by atoms with van der Waals surface area (Å²) >= 11 is 0. The first-order chi connectivity index (χ1) is 12.6. The molecule has 2 atom stereocenters. The third-order valence-electron chi connectivity index (χ3n) is 4.70. The normalized spacial score (nSPS) is 23.0. The van der Waals surface area contributed by atoms with Gasteiger partial charge in [-0.3, -0.25) is 4.79 Å². The summed E-state index contributed by atoms with van der Waals surface area (Å²) in [6, 6.07) is 6.14. The Morgan fingerprint density at radius 2 is 2.12 bits per heavy atom. The van der Waals surface area contributed by atoms with Crippen LogP contribution >= 0.6 is 0 Å². The van der Waals surface area contributed by atoms with Gasteiger partial charge in [0, 0.05) is 26.1 Å². The molecule has 1 N–H and O–H groups in total. The Morgan fingerprint density at radius 1 is 1.35 bits per heavy atom. The Bertz CT molecular complexity index is 651. The average Bonchev–Trinajstić information content (AvgIpc) is 3.08. The van der Waals surface area contributed by atoms with Crippen molar-refractivity contribution < 1.29 is 23.5 Å². The van der Waals surface area contributed by atoms with Gasteiger partial charge in [-0.25, -0.2) is 9.18 Å². The van der Waals surface area contributed by atoms with Crippen LogP contribution in [0.4, 0.5) is 9.18 Å². The monoisotopic (exact) mass is 365 g/mol. The fraction of sp³-hybridized carbons (Fsp3) is 0.556. The van der Waals surface area contributed by atoms with Crippen molar-refractivity contribution in [3.05, 3.63) is 29.8 Å². The highest BCUT2D eigenvalue weighted by atomic mass is 19.1. The van der Waals surface area contributed by atoms with E-state index in [9.17, 15) is 14.0 Å². The first kappa shape index (κ1) is 18.4. The lowest BCUT2D eigenvalue weighted by Crippen LogP contribution is -2.52. The molecule has 0 aromatic heterocycles. The van der Waals surface area contributed by atoms with Crippen molar-refractivity contribution in [3.8, 4) is 5.75 Å². The van der Waals surface area contributed by atoms with Crippen molar-refractivity contribution >= 4 is 11.9 Å². The van der Waals surface area contributed by atoms with Crippen LogP contribution in [0.3, 0.4) is 0 Å². The molecule has 2 heterocycles. The number of alkyl halides is 1. The number of morpholine rings is 1. The minimum Gasteiger partial charge on any atom is -0.497 e. The smallest absolute Gasteiger partial charge is 0.318 e. The Morgan fingerprint density at radius 3 is 2.85 bits per heavy atom. The fourth-order valence-corrected chi connectivity index (χ4v) is 3.30. The van der Waals surface area contributed by atoms with Crippen LogP contribution in [0.15, 0.2) is 24.3 Å². The van der Waals surface area contributed by atoms with Gasteiger partial charge in [-0.2, -0.15) is 0 Å². The molecule has 1 aromatic carbocycles. The van der Waals surface area contributed by atoms with E-state index in [0.717, 1.165) is 5.56 Å². The second-order valence-corrected chi connectivity index (χ2v) is 6.45. The van der Waals surface area contributed by atoms with E-state index in [2.05, 4.69) is 5.32 Å². The summed E-state index contributed by atoms with van der Waals surface area (Å²) in [6.07, 6.45) is -1.14. The predicted octanol–water partition coefficient (Wildman–Crippen LogP) is 1.18. The zero-order valence-electron chi connectivity index (χ0n) is 14.8. The van der Waals surface area contributed by atoms with Gasteiger partial charge in [0.25, 0.3) is 0 Å². The number of ether oxygens (including phenoxy) is 2. The van der Waals surface area contributed by atoms with E-state index in [1.807, 2.05) is 24.3 Å².